The first-order valence-corrected chi connectivity index (χ1v) is 7.73. The first-order valence-electron chi connectivity index (χ1n) is 5.07. The van der Waals surface area contributed by atoms with Crippen molar-refractivity contribution >= 4 is 44.2 Å². The molecule has 1 saturated heterocycles. The first kappa shape index (κ1) is 11.7. The minimum Gasteiger partial charge on any atom is -0.347 e. The second kappa shape index (κ2) is 4.63. The third-order valence-corrected chi connectivity index (χ3v) is 5.56. The fourth-order valence-electron chi connectivity index (χ4n) is 1.60. The lowest BCUT2D eigenvalue weighted by molar-refractivity contribution is 0.637. The van der Waals surface area contributed by atoms with Crippen LogP contribution in [0.15, 0.2) is 9.98 Å². The van der Waals surface area contributed by atoms with Gasteiger partial charge in [-0.2, -0.15) is 11.8 Å². The molecular formula is C10H15BrN2S2. The standard InChI is InChI=1S/C10H15BrN2S2/c1-10(2)3-4-13(5-6-15-10)9-12-8(11)7-14-9/h7H,3-6H2,1-2H3. The normalized spacial score (nSPS) is 21.4. The van der Waals surface area contributed by atoms with Crippen LogP contribution in [-0.2, 0) is 0 Å². The lowest BCUT2D eigenvalue weighted by Crippen LogP contribution is -2.26. The summed E-state index contributed by atoms with van der Waals surface area (Å²) < 4.78 is 1.38. The van der Waals surface area contributed by atoms with Gasteiger partial charge in [0.25, 0.3) is 0 Å². The van der Waals surface area contributed by atoms with Gasteiger partial charge in [0.1, 0.15) is 4.60 Å². The highest BCUT2D eigenvalue weighted by Crippen LogP contribution is 2.33. The fourth-order valence-corrected chi connectivity index (χ4v) is 4.01. The minimum absolute atomic E-state index is 0.420. The summed E-state index contributed by atoms with van der Waals surface area (Å²) in [5, 5.41) is 3.21. The Kier molecular flexibility index (Phi) is 3.63. The first-order chi connectivity index (χ1) is 7.07. The number of nitrogens with zero attached hydrogens (tertiary/aromatic N) is 2. The van der Waals surface area contributed by atoms with Crippen LogP contribution in [0.25, 0.3) is 0 Å². The number of anilines is 1. The molecular weight excluding hydrogens is 292 g/mol. The molecule has 0 aromatic carbocycles. The second-order valence-electron chi connectivity index (χ2n) is 4.30. The van der Waals surface area contributed by atoms with E-state index >= 15 is 0 Å². The number of rotatable bonds is 1. The van der Waals surface area contributed by atoms with Crippen LogP contribution in [-0.4, -0.2) is 28.6 Å². The minimum atomic E-state index is 0.420. The van der Waals surface area contributed by atoms with Crippen LogP contribution < -0.4 is 4.90 Å². The zero-order chi connectivity index (χ0) is 10.9. The molecule has 2 heterocycles. The molecule has 84 valence electrons. The van der Waals surface area contributed by atoms with Crippen LogP contribution in [0.1, 0.15) is 20.3 Å². The van der Waals surface area contributed by atoms with Crippen LogP contribution in [0.3, 0.4) is 0 Å². The van der Waals surface area contributed by atoms with Gasteiger partial charge in [-0.3, -0.25) is 0 Å². The van der Waals surface area contributed by atoms with Crippen molar-refractivity contribution in [3.63, 3.8) is 0 Å². The summed E-state index contributed by atoms with van der Waals surface area (Å²) in [7, 11) is 0. The lowest BCUT2D eigenvalue weighted by atomic mass is 10.1. The third kappa shape index (κ3) is 3.11. The summed E-state index contributed by atoms with van der Waals surface area (Å²) >= 11 is 7.20. The molecule has 1 aromatic rings. The molecule has 0 bridgehead atoms. The largest absolute Gasteiger partial charge is 0.347 e. The molecule has 0 spiro atoms. The van der Waals surface area contributed by atoms with Crippen LogP contribution in [0.4, 0.5) is 5.13 Å². The Bertz CT molecular complexity index is 338. The molecule has 0 saturated carbocycles. The van der Waals surface area contributed by atoms with Crippen molar-refractivity contribution in [1.82, 2.24) is 4.98 Å². The van der Waals surface area contributed by atoms with Crippen LogP contribution in [0.2, 0.25) is 0 Å². The Morgan fingerprint density at radius 3 is 2.93 bits per heavy atom. The summed E-state index contributed by atoms with van der Waals surface area (Å²) in [5.74, 6) is 1.20. The topological polar surface area (TPSA) is 16.1 Å². The number of hydrogen-bond acceptors (Lipinski definition) is 4. The van der Waals surface area contributed by atoms with Crippen molar-refractivity contribution in [3.8, 4) is 0 Å². The van der Waals surface area contributed by atoms with Crippen molar-refractivity contribution in [2.75, 3.05) is 23.7 Å². The molecule has 2 rings (SSSR count). The van der Waals surface area contributed by atoms with E-state index in [1.165, 1.54) is 12.2 Å². The number of thioether (sulfide) groups is 1. The van der Waals surface area contributed by atoms with E-state index in [0.29, 0.717) is 4.75 Å². The molecule has 0 atom stereocenters. The van der Waals surface area contributed by atoms with Crippen molar-refractivity contribution in [3.05, 3.63) is 9.98 Å². The lowest BCUT2D eigenvalue weighted by Gasteiger charge is -2.22. The summed E-state index contributed by atoms with van der Waals surface area (Å²) in [6.07, 6.45) is 1.23. The molecule has 2 nitrogen and oxygen atoms in total. The molecule has 15 heavy (non-hydrogen) atoms. The molecule has 0 aliphatic carbocycles. The molecule has 1 fully saturated rings. The second-order valence-corrected chi connectivity index (χ2v) is 7.75. The van der Waals surface area contributed by atoms with E-state index in [4.69, 9.17) is 0 Å². The Morgan fingerprint density at radius 2 is 2.27 bits per heavy atom. The molecule has 1 aliphatic heterocycles. The number of halogens is 1. The van der Waals surface area contributed by atoms with E-state index < -0.39 is 0 Å². The van der Waals surface area contributed by atoms with Gasteiger partial charge in [-0.05, 0) is 22.4 Å². The Balaban J connectivity index is 2.05. The average Bonchev–Trinajstić information content (AvgIpc) is 2.49. The van der Waals surface area contributed by atoms with Gasteiger partial charge >= 0.3 is 0 Å². The Labute approximate surface area is 108 Å². The van der Waals surface area contributed by atoms with E-state index in [1.807, 2.05) is 0 Å². The third-order valence-electron chi connectivity index (χ3n) is 2.57. The van der Waals surface area contributed by atoms with Crippen molar-refractivity contribution < 1.29 is 0 Å². The fraction of sp³-hybridized carbons (Fsp3) is 0.700. The van der Waals surface area contributed by atoms with Crippen molar-refractivity contribution in [2.45, 2.75) is 25.0 Å². The summed E-state index contributed by atoms with van der Waals surface area (Å²) in [5.41, 5.74) is 0. The van der Waals surface area contributed by atoms with Gasteiger partial charge < -0.3 is 4.90 Å². The Morgan fingerprint density at radius 1 is 1.47 bits per heavy atom. The molecule has 0 radical (unpaired) electrons. The van der Waals surface area contributed by atoms with Gasteiger partial charge in [0, 0.05) is 29.0 Å². The molecule has 1 aromatic heterocycles. The number of aromatic nitrogens is 1. The number of hydrogen-bond donors (Lipinski definition) is 0. The van der Waals surface area contributed by atoms with E-state index in [-0.39, 0.29) is 0 Å². The van der Waals surface area contributed by atoms with Crippen LogP contribution >= 0.6 is 39.0 Å². The molecule has 0 unspecified atom stereocenters. The monoisotopic (exact) mass is 306 g/mol. The molecule has 1 aliphatic rings. The quantitative estimate of drug-likeness (QED) is 0.788. The van der Waals surface area contributed by atoms with Gasteiger partial charge in [0.2, 0.25) is 0 Å². The SMILES string of the molecule is CC1(C)CCN(c2nc(Br)cs2)CCS1. The maximum Gasteiger partial charge on any atom is 0.186 e. The maximum absolute atomic E-state index is 4.48. The van der Waals surface area contributed by atoms with E-state index in [0.717, 1.165) is 22.8 Å². The van der Waals surface area contributed by atoms with Crippen LogP contribution in [0, 0.1) is 0 Å². The van der Waals surface area contributed by atoms with Gasteiger partial charge in [0.15, 0.2) is 5.13 Å². The number of thiazole rings is 1. The van der Waals surface area contributed by atoms with E-state index in [9.17, 15) is 0 Å². The molecule has 0 N–H and O–H groups in total. The average molecular weight is 307 g/mol. The summed E-state index contributed by atoms with van der Waals surface area (Å²) in [6.45, 7) is 6.91. The predicted octanol–water partition coefficient (Wildman–Crippen LogP) is 3.63. The van der Waals surface area contributed by atoms with Crippen LogP contribution in [0.5, 0.6) is 0 Å². The van der Waals surface area contributed by atoms with Crippen molar-refractivity contribution in [2.24, 2.45) is 0 Å². The van der Waals surface area contributed by atoms with Crippen molar-refractivity contribution in [1.29, 1.82) is 0 Å². The van der Waals surface area contributed by atoms with Gasteiger partial charge in [-0.25, -0.2) is 4.98 Å². The van der Waals surface area contributed by atoms with Gasteiger partial charge in [-0.1, -0.05) is 13.8 Å². The summed E-state index contributed by atoms with van der Waals surface area (Å²) in [4.78, 5) is 6.88. The summed E-state index contributed by atoms with van der Waals surface area (Å²) in [6, 6.07) is 0. The zero-order valence-electron chi connectivity index (χ0n) is 8.99. The van der Waals surface area contributed by atoms with Gasteiger partial charge in [0.05, 0.1) is 0 Å². The highest BCUT2D eigenvalue weighted by molar-refractivity contribution is 9.10. The predicted molar refractivity (Wildman–Crippen MR) is 73.2 cm³/mol. The highest BCUT2D eigenvalue weighted by Gasteiger charge is 2.24. The zero-order valence-corrected chi connectivity index (χ0v) is 12.2. The molecule has 5 heteroatoms. The van der Waals surface area contributed by atoms with Gasteiger partial charge in [-0.15, -0.1) is 11.3 Å². The van der Waals surface area contributed by atoms with E-state index in [1.54, 1.807) is 11.3 Å². The highest BCUT2D eigenvalue weighted by atomic mass is 79.9. The maximum atomic E-state index is 4.48. The smallest absolute Gasteiger partial charge is 0.186 e. The Hall–Kier alpha value is 0.260. The van der Waals surface area contributed by atoms with E-state index in [2.05, 4.69) is 56.8 Å². The molecule has 0 amide bonds.